The summed E-state index contributed by atoms with van der Waals surface area (Å²) >= 11 is 0. The molecule has 3 aromatic rings. The van der Waals surface area contributed by atoms with Gasteiger partial charge in [0.2, 0.25) is 0 Å². The summed E-state index contributed by atoms with van der Waals surface area (Å²) in [6.45, 7) is 1.66. The van der Waals surface area contributed by atoms with Gasteiger partial charge in [0.25, 0.3) is 0 Å². The van der Waals surface area contributed by atoms with Crippen LogP contribution in [0.4, 0.5) is 10.2 Å². The van der Waals surface area contributed by atoms with Crippen molar-refractivity contribution in [2.45, 2.75) is 18.9 Å². The molecule has 1 aromatic carbocycles. The number of anilines is 1. The number of pyridine rings is 1. The molecule has 0 saturated carbocycles. The normalized spacial score (nSPS) is 15.2. The maximum Gasteiger partial charge on any atom is 0.165 e. The predicted octanol–water partition coefficient (Wildman–Crippen LogP) is 3.27. The Labute approximate surface area is 151 Å². The highest BCUT2D eigenvalue weighted by atomic mass is 19.1. The minimum Gasteiger partial charge on any atom is -0.356 e. The molecule has 2 N–H and O–H groups in total. The van der Waals surface area contributed by atoms with Crippen molar-refractivity contribution in [3.8, 4) is 22.8 Å². The van der Waals surface area contributed by atoms with E-state index in [0.717, 1.165) is 37.4 Å². The third-order valence-electron chi connectivity index (χ3n) is 4.62. The Kier molecular flexibility index (Phi) is 4.58. The number of benzene rings is 1. The molecule has 2 aromatic heterocycles. The van der Waals surface area contributed by atoms with Gasteiger partial charge in [0.1, 0.15) is 11.6 Å². The molecule has 0 aliphatic carbocycles. The van der Waals surface area contributed by atoms with Crippen LogP contribution in [0, 0.1) is 5.82 Å². The van der Waals surface area contributed by atoms with Gasteiger partial charge in [-0.05, 0) is 37.1 Å². The van der Waals surface area contributed by atoms with Crippen molar-refractivity contribution in [1.29, 1.82) is 0 Å². The molecule has 0 atom stereocenters. The van der Waals surface area contributed by atoms with Crippen LogP contribution in [0.1, 0.15) is 12.8 Å². The first-order valence-electron chi connectivity index (χ1n) is 8.76. The van der Waals surface area contributed by atoms with Gasteiger partial charge in [0.15, 0.2) is 5.82 Å². The topological polar surface area (TPSA) is 67.9 Å². The molecule has 1 fully saturated rings. The van der Waals surface area contributed by atoms with Crippen LogP contribution in [-0.4, -0.2) is 34.1 Å². The highest BCUT2D eigenvalue weighted by Gasteiger charge is 2.20. The standard InChI is InChI=1S/C20H20FN5/c21-16-6-2-1-5-15(16)20-24-18(17-7-3-4-10-23-17)13-19(25-20)26-11-8-14(22)9-12-26/h1-7,10,13-14H,8-9,11-12,22H2. The van der Waals surface area contributed by atoms with Crippen LogP contribution < -0.4 is 10.6 Å². The van der Waals surface area contributed by atoms with Crippen LogP contribution in [0.25, 0.3) is 22.8 Å². The molecule has 0 radical (unpaired) electrons. The molecule has 0 amide bonds. The zero-order valence-electron chi connectivity index (χ0n) is 14.3. The largest absolute Gasteiger partial charge is 0.356 e. The Morgan fingerprint density at radius 2 is 1.73 bits per heavy atom. The highest BCUT2D eigenvalue weighted by Crippen LogP contribution is 2.27. The predicted molar refractivity (Wildman–Crippen MR) is 100 cm³/mol. The fourth-order valence-corrected chi connectivity index (χ4v) is 3.13. The smallest absolute Gasteiger partial charge is 0.165 e. The average Bonchev–Trinajstić information content (AvgIpc) is 2.69. The third kappa shape index (κ3) is 3.41. The molecule has 0 unspecified atom stereocenters. The third-order valence-corrected chi connectivity index (χ3v) is 4.62. The number of hydrogen-bond acceptors (Lipinski definition) is 5. The molecule has 0 bridgehead atoms. The summed E-state index contributed by atoms with van der Waals surface area (Å²) < 4.78 is 14.3. The summed E-state index contributed by atoms with van der Waals surface area (Å²) in [5, 5.41) is 0. The van der Waals surface area contributed by atoms with Crippen molar-refractivity contribution in [3.63, 3.8) is 0 Å². The van der Waals surface area contributed by atoms with Crippen molar-refractivity contribution in [3.05, 3.63) is 60.5 Å². The molecule has 26 heavy (non-hydrogen) atoms. The van der Waals surface area contributed by atoms with Gasteiger partial charge in [0.05, 0.1) is 17.0 Å². The number of nitrogens with zero attached hydrogens (tertiary/aromatic N) is 4. The minimum absolute atomic E-state index is 0.231. The summed E-state index contributed by atoms with van der Waals surface area (Å²) in [4.78, 5) is 15.8. The van der Waals surface area contributed by atoms with E-state index in [2.05, 4.69) is 19.9 Å². The SMILES string of the molecule is NC1CCN(c2cc(-c3ccccn3)nc(-c3ccccc3F)n2)CC1. The van der Waals surface area contributed by atoms with Gasteiger partial charge in [-0.3, -0.25) is 4.98 Å². The number of piperidine rings is 1. The van der Waals surface area contributed by atoms with E-state index in [1.54, 1.807) is 24.4 Å². The summed E-state index contributed by atoms with van der Waals surface area (Å²) in [6, 6.07) is 14.4. The first kappa shape index (κ1) is 16.6. The first-order valence-corrected chi connectivity index (χ1v) is 8.76. The minimum atomic E-state index is -0.336. The Morgan fingerprint density at radius 1 is 0.962 bits per heavy atom. The second-order valence-electron chi connectivity index (χ2n) is 6.45. The second-order valence-corrected chi connectivity index (χ2v) is 6.45. The quantitative estimate of drug-likeness (QED) is 0.786. The molecule has 1 aliphatic rings. The van der Waals surface area contributed by atoms with E-state index in [4.69, 9.17) is 5.73 Å². The lowest BCUT2D eigenvalue weighted by Gasteiger charge is -2.31. The lowest BCUT2D eigenvalue weighted by Crippen LogP contribution is -2.40. The van der Waals surface area contributed by atoms with E-state index in [1.807, 2.05) is 24.3 Å². The van der Waals surface area contributed by atoms with E-state index in [0.29, 0.717) is 17.1 Å². The van der Waals surface area contributed by atoms with Crippen LogP contribution in [0.2, 0.25) is 0 Å². The monoisotopic (exact) mass is 349 g/mol. The van der Waals surface area contributed by atoms with E-state index >= 15 is 0 Å². The zero-order valence-corrected chi connectivity index (χ0v) is 14.3. The molecule has 1 aliphatic heterocycles. The Morgan fingerprint density at radius 3 is 2.46 bits per heavy atom. The Hall–Kier alpha value is -2.86. The fourth-order valence-electron chi connectivity index (χ4n) is 3.13. The molecule has 4 rings (SSSR count). The van der Waals surface area contributed by atoms with Crippen molar-refractivity contribution in [2.75, 3.05) is 18.0 Å². The lowest BCUT2D eigenvalue weighted by atomic mass is 10.1. The summed E-state index contributed by atoms with van der Waals surface area (Å²) in [5.74, 6) is 0.819. The number of aromatic nitrogens is 3. The summed E-state index contributed by atoms with van der Waals surface area (Å²) in [5.41, 5.74) is 7.83. The number of halogens is 1. The Bertz CT molecular complexity index is 892. The van der Waals surface area contributed by atoms with Crippen LogP contribution in [0.15, 0.2) is 54.7 Å². The molecule has 1 saturated heterocycles. The zero-order chi connectivity index (χ0) is 17.9. The highest BCUT2D eigenvalue weighted by molar-refractivity contribution is 5.66. The second kappa shape index (κ2) is 7.17. The van der Waals surface area contributed by atoms with E-state index in [9.17, 15) is 4.39 Å². The van der Waals surface area contributed by atoms with E-state index in [1.165, 1.54) is 6.07 Å². The van der Waals surface area contributed by atoms with E-state index in [-0.39, 0.29) is 11.9 Å². The summed E-state index contributed by atoms with van der Waals surface area (Å²) in [6.07, 6.45) is 3.55. The van der Waals surface area contributed by atoms with Crippen LogP contribution in [0.3, 0.4) is 0 Å². The number of nitrogens with two attached hydrogens (primary N) is 1. The van der Waals surface area contributed by atoms with Crippen LogP contribution >= 0.6 is 0 Å². The van der Waals surface area contributed by atoms with Gasteiger partial charge < -0.3 is 10.6 Å². The van der Waals surface area contributed by atoms with Gasteiger partial charge in [-0.2, -0.15) is 0 Å². The molecule has 6 heteroatoms. The van der Waals surface area contributed by atoms with Crippen molar-refractivity contribution in [2.24, 2.45) is 5.73 Å². The molecule has 5 nitrogen and oxygen atoms in total. The van der Waals surface area contributed by atoms with E-state index < -0.39 is 0 Å². The van der Waals surface area contributed by atoms with Crippen LogP contribution in [0.5, 0.6) is 0 Å². The molecular formula is C20H20FN5. The van der Waals surface area contributed by atoms with Crippen molar-refractivity contribution < 1.29 is 4.39 Å². The van der Waals surface area contributed by atoms with Gasteiger partial charge in [-0.15, -0.1) is 0 Å². The van der Waals surface area contributed by atoms with Crippen molar-refractivity contribution >= 4 is 5.82 Å². The van der Waals surface area contributed by atoms with Gasteiger partial charge in [-0.1, -0.05) is 18.2 Å². The number of rotatable bonds is 3. The lowest BCUT2D eigenvalue weighted by molar-refractivity contribution is 0.498. The average molecular weight is 349 g/mol. The van der Waals surface area contributed by atoms with Crippen LogP contribution in [-0.2, 0) is 0 Å². The molecule has 3 heterocycles. The molecular weight excluding hydrogens is 329 g/mol. The first-order chi connectivity index (χ1) is 12.7. The summed E-state index contributed by atoms with van der Waals surface area (Å²) in [7, 11) is 0. The van der Waals surface area contributed by atoms with Crippen molar-refractivity contribution in [1.82, 2.24) is 15.0 Å². The van der Waals surface area contributed by atoms with Gasteiger partial charge >= 0.3 is 0 Å². The molecule has 0 spiro atoms. The maximum absolute atomic E-state index is 14.3. The van der Waals surface area contributed by atoms with Gasteiger partial charge in [0, 0.05) is 31.4 Å². The maximum atomic E-state index is 14.3. The van der Waals surface area contributed by atoms with Gasteiger partial charge in [-0.25, -0.2) is 14.4 Å². The fraction of sp³-hybridized carbons (Fsp3) is 0.250. The Balaban J connectivity index is 1.81. The molecule has 132 valence electrons. The number of hydrogen-bond donors (Lipinski definition) is 1.